The zero-order valence-electron chi connectivity index (χ0n) is 11.5. The first-order valence-corrected chi connectivity index (χ1v) is 7.46. The van der Waals surface area contributed by atoms with Crippen LogP contribution >= 0.6 is 15.9 Å². The van der Waals surface area contributed by atoms with Gasteiger partial charge in [0.1, 0.15) is 5.82 Å². The zero-order chi connectivity index (χ0) is 14.8. The number of nitrogens with one attached hydrogen (secondary N) is 1. The summed E-state index contributed by atoms with van der Waals surface area (Å²) in [5.41, 5.74) is 2.45. The molecule has 0 saturated heterocycles. The van der Waals surface area contributed by atoms with E-state index in [9.17, 15) is 4.39 Å². The lowest BCUT2D eigenvalue weighted by molar-refractivity contribution is 0.572. The number of rotatable bonds is 3. The number of nitrogens with zero attached hydrogens (tertiary/aromatic N) is 1. The van der Waals surface area contributed by atoms with E-state index in [2.05, 4.69) is 26.2 Å². The summed E-state index contributed by atoms with van der Waals surface area (Å²) >= 11 is 3.25. The summed E-state index contributed by atoms with van der Waals surface area (Å²) in [5, 5.41) is 4.24. The summed E-state index contributed by atoms with van der Waals surface area (Å²) in [6.07, 6.45) is 1.76. The Morgan fingerprint density at radius 1 is 1.05 bits per heavy atom. The highest BCUT2D eigenvalue weighted by Gasteiger charge is 2.20. The van der Waals surface area contributed by atoms with Crippen LogP contribution in [0.4, 0.5) is 4.39 Å². The van der Waals surface area contributed by atoms with Crippen molar-refractivity contribution in [2.75, 3.05) is 7.05 Å². The predicted molar refractivity (Wildman–Crippen MR) is 86.7 cm³/mol. The van der Waals surface area contributed by atoms with E-state index in [1.165, 1.54) is 0 Å². The quantitative estimate of drug-likeness (QED) is 0.759. The highest BCUT2D eigenvalue weighted by atomic mass is 79.9. The van der Waals surface area contributed by atoms with Crippen molar-refractivity contribution in [3.05, 3.63) is 76.1 Å². The third-order valence-electron chi connectivity index (χ3n) is 3.56. The highest BCUT2D eigenvalue weighted by molar-refractivity contribution is 9.10. The molecular weight excluding hydrogens is 331 g/mol. The van der Waals surface area contributed by atoms with Crippen LogP contribution in [0.3, 0.4) is 0 Å². The van der Waals surface area contributed by atoms with Crippen molar-refractivity contribution in [2.45, 2.75) is 6.04 Å². The minimum absolute atomic E-state index is 0.246. The van der Waals surface area contributed by atoms with Gasteiger partial charge in [0.2, 0.25) is 0 Å². The third kappa shape index (κ3) is 2.57. The number of para-hydroxylation sites is 1. The number of pyridine rings is 1. The van der Waals surface area contributed by atoms with Gasteiger partial charge in [0.15, 0.2) is 0 Å². The van der Waals surface area contributed by atoms with Crippen LogP contribution in [-0.4, -0.2) is 12.0 Å². The molecule has 2 aromatic carbocycles. The normalized spacial score (nSPS) is 12.5. The molecule has 3 aromatic rings. The molecule has 1 heterocycles. The number of fused-ring (bicyclic) bond motifs is 1. The van der Waals surface area contributed by atoms with Gasteiger partial charge in [0.05, 0.1) is 16.0 Å². The van der Waals surface area contributed by atoms with Gasteiger partial charge in [0, 0.05) is 17.1 Å². The first-order valence-electron chi connectivity index (χ1n) is 6.67. The molecule has 0 aliphatic rings. The highest BCUT2D eigenvalue weighted by Crippen LogP contribution is 2.31. The minimum atomic E-state index is -0.249. The summed E-state index contributed by atoms with van der Waals surface area (Å²) in [6, 6.07) is 15.0. The number of aromatic nitrogens is 1. The molecule has 1 unspecified atom stereocenters. The Morgan fingerprint density at radius 2 is 1.76 bits per heavy atom. The van der Waals surface area contributed by atoms with Crippen LogP contribution in [0.1, 0.15) is 17.2 Å². The topological polar surface area (TPSA) is 24.9 Å². The SMILES string of the molecule is CNC(c1cccc(Br)c1F)c1cccc2cccnc12. The Morgan fingerprint density at radius 3 is 2.57 bits per heavy atom. The van der Waals surface area contributed by atoms with Crippen LogP contribution < -0.4 is 5.32 Å². The van der Waals surface area contributed by atoms with Crippen LogP contribution in [0, 0.1) is 5.82 Å². The Balaban J connectivity index is 2.21. The maximum atomic E-state index is 14.4. The molecule has 4 heteroatoms. The largest absolute Gasteiger partial charge is 0.309 e. The van der Waals surface area contributed by atoms with Gasteiger partial charge in [-0.2, -0.15) is 0 Å². The molecule has 0 aliphatic heterocycles. The summed E-state index contributed by atoms with van der Waals surface area (Å²) < 4.78 is 14.9. The van der Waals surface area contributed by atoms with Gasteiger partial charge in [-0.25, -0.2) is 4.39 Å². The van der Waals surface area contributed by atoms with E-state index < -0.39 is 0 Å². The van der Waals surface area contributed by atoms with E-state index in [4.69, 9.17) is 0 Å². The lowest BCUT2D eigenvalue weighted by Crippen LogP contribution is -2.19. The van der Waals surface area contributed by atoms with Crippen LogP contribution in [0.15, 0.2) is 59.2 Å². The molecule has 0 aliphatic carbocycles. The smallest absolute Gasteiger partial charge is 0.142 e. The van der Waals surface area contributed by atoms with Crippen LogP contribution in [0.25, 0.3) is 10.9 Å². The molecule has 0 bridgehead atoms. The van der Waals surface area contributed by atoms with E-state index in [1.54, 1.807) is 18.3 Å². The molecule has 21 heavy (non-hydrogen) atoms. The second-order valence-electron chi connectivity index (χ2n) is 4.79. The molecule has 0 spiro atoms. The first kappa shape index (κ1) is 14.2. The maximum Gasteiger partial charge on any atom is 0.142 e. The van der Waals surface area contributed by atoms with Gasteiger partial charge in [-0.15, -0.1) is 0 Å². The van der Waals surface area contributed by atoms with Crippen LogP contribution in [-0.2, 0) is 0 Å². The Bertz CT molecular complexity index is 783. The van der Waals surface area contributed by atoms with Gasteiger partial charge in [-0.1, -0.05) is 36.4 Å². The van der Waals surface area contributed by atoms with Crippen LogP contribution in [0.5, 0.6) is 0 Å². The lowest BCUT2D eigenvalue weighted by Gasteiger charge is -2.19. The fourth-order valence-corrected chi connectivity index (χ4v) is 2.96. The van der Waals surface area contributed by atoms with Gasteiger partial charge in [0.25, 0.3) is 0 Å². The van der Waals surface area contributed by atoms with Crippen molar-refractivity contribution in [1.82, 2.24) is 10.3 Å². The number of benzene rings is 2. The molecule has 0 fully saturated rings. The maximum absolute atomic E-state index is 14.4. The minimum Gasteiger partial charge on any atom is -0.309 e. The summed E-state index contributed by atoms with van der Waals surface area (Å²) in [5.74, 6) is -0.246. The zero-order valence-corrected chi connectivity index (χ0v) is 13.1. The second-order valence-corrected chi connectivity index (χ2v) is 5.64. The standard InChI is InChI=1S/C17H14BrFN2/c1-20-17(12-7-3-9-14(18)15(12)19)13-8-2-5-11-6-4-10-21-16(11)13/h2-10,17,20H,1H3. The first-order chi connectivity index (χ1) is 10.2. The van der Waals surface area contributed by atoms with Gasteiger partial charge in [-0.3, -0.25) is 4.98 Å². The molecule has 1 atom stereocenters. The molecule has 1 N–H and O–H groups in total. The van der Waals surface area contributed by atoms with Gasteiger partial charge >= 0.3 is 0 Å². The van der Waals surface area contributed by atoms with Gasteiger partial charge < -0.3 is 5.32 Å². The molecule has 0 amide bonds. The van der Waals surface area contributed by atoms with Crippen molar-refractivity contribution in [1.29, 1.82) is 0 Å². The number of hydrogen-bond donors (Lipinski definition) is 1. The summed E-state index contributed by atoms with van der Waals surface area (Å²) in [6.45, 7) is 0. The van der Waals surface area contributed by atoms with Crippen molar-refractivity contribution < 1.29 is 4.39 Å². The number of hydrogen-bond acceptors (Lipinski definition) is 2. The van der Waals surface area contributed by atoms with Crippen LogP contribution in [0.2, 0.25) is 0 Å². The number of halogens is 2. The molecule has 1 aromatic heterocycles. The van der Waals surface area contributed by atoms with Gasteiger partial charge in [-0.05, 0) is 40.7 Å². The van der Waals surface area contributed by atoms with Crippen molar-refractivity contribution >= 4 is 26.8 Å². The molecule has 106 valence electrons. The summed E-state index contributed by atoms with van der Waals surface area (Å²) in [4.78, 5) is 4.45. The lowest BCUT2D eigenvalue weighted by atomic mass is 9.96. The van der Waals surface area contributed by atoms with Crippen molar-refractivity contribution in [3.8, 4) is 0 Å². The fourth-order valence-electron chi connectivity index (χ4n) is 2.58. The van der Waals surface area contributed by atoms with E-state index in [0.29, 0.717) is 10.0 Å². The van der Waals surface area contributed by atoms with E-state index in [1.807, 2.05) is 43.4 Å². The Labute approximate surface area is 131 Å². The molecule has 2 nitrogen and oxygen atoms in total. The van der Waals surface area contributed by atoms with E-state index >= 15 is 0 Å². The molecule has 0 saturated carbocycles. The average Bonchev–Trinajstić information content (AvgIpc) is 2.52. The predicted octanol–water partition coefficient (Wildman–Crippen LogP) is 4.45. The third-order valence-corrected chi connectivity index (χ3v) is 4.17. The van der Waals surface area contributed by atoms with Crippen molar-refractivity contribution in [3.63, 3.8) is 0 Å². The molecular formula is C17H14BrFN2. The Hall–Kier alpha value is -1.78. The fraction of sp³-hybridized carbons (Fsp3) is 0.118. The molecule has 3 rings (SSSR count). The van der Waals surface area contributed by atoms with E-state index in [0.717, 1.165) is 16.5 Å². The average molecular weight is 345 g/mol. The summed E-state index contributed by atoms with van der Waals surface area (Å²) in [7, 11) is 1.83. The Kier molecular flexibility index (Phi) is 3.99. The van der Waals surface area contributed by atoms with Crippen molar-refractivity contribution in [2.24, 2.45) is 0 Å². The molecule has 0 radical (unpaired) electrons. The van der Waals surface area contributed by atoms with E-state index in [-0.39, 0.29) is 11.9 Å². The monoisotopic (exact) mass is 344 g/mol. The second kappa shape index (κ2) is 5.92.